The van der Waals surface area contributed by atoms with Gasteiger partial charge in [0.1, 0.15) is 0 Å². The molecule has 126 valence electrons. The molecule has 1 fully saturated rings. The number of nitrogens with one attached hydrogen (secondary N) is 1. The second-order valence-electron chi connectivity index (χ2n) is 6.04. The number of benzene rings is 2. The molecule has 0 spiro atoms. The van der Waals surface area contributed by atoms with E-state index in [9.17, 15) is 4.79 Å². The van der Waals surface area contributed by atoms with Gasteiger partial charge in [0.15, 0.2) is 0 Å². The van der Waals surface area contributed by atoms with Gasteiger partial charge in [-0.2, -0.15) is 0 Å². The fourth-order valence-corrected chi connectivity index (χ4v) is 3.56. The van der Waals surface area contributed by atoms with Gasteiger partial charge in [-0.1, -0.05) is 30.3 Å². The van der Waals surface area contributed by atoms with Crippen LogP contribution in [0.25, 0.3) is 0 Å². The second-order valence-corrected chi connectivity index (χ2v) is 7.29. The van der Waals surface area contributed by atoms with E-state index in [1.165, 1.54) is 9.13 Å². The van der Waals surface area contributed by atoms with Crippen LogP contribution in [0.2, 0.25) is 0 Å². The Morgan fingerprint density at radius 3 is 2.62 bits per heavy atom. The number of para-hydroxylation sites is 1. The second kappa shape index (κ2) is 8.48. The highest BCUT2D eigenvalue weighted by atomic mass is 127. The van der Waals surface area contributed by atoms with Crippen LogP contribution < -0.4 is 5.32 Å². The van der Waals surface area contributed by atoms with Crippen molar-refractivity contribution in [1.29, 1.82) is 0 Å². The van der Waals surface area contributed by atoms with Gasteiger partial charge in [-0.15, -0.1) is 0 Å². The monoisotopic (exact) mass is 435 g/mol. The fourth-order valence-electron chi connectivity index (χ4n) is 2.95. The summed E-state index contributed by atoms with van der Waals surface area (Å²) in [6.45, 7) is 4.46. The standard InChI is InChI=1S/C19H22IN3O/c20-17-7-4-6-16(14-17)15-22-10-5-11-23(13-12-22)19(24)21-18-8-2-1-3-9-18/h1-4,6-9,14H,5,10-13,15H2,(H,21,24). The molecule has 1 N–H and O–H groups in total. The molecule has 2 amide bonds. The first kappa shape index (κ1) is 17.2. The number of amides is 2. The SMILES string of the molecule is O=C(Nc1ccccc1)N1CCCN(Cc2cccc(I)c2)CC1. The molecule has 0 aliphatic carbocycles. The number of nitrogens with zero attached hydrogens (tertiary/aromatic N) is 2. The van der Waals surface area contributed by atoms with E-state index in [0.717, 1.165) is 44.8 Å². The van der Waals surface area contributed by atoms with Crippen molar-refractivity contribution in [2.24, 2.45) is 0 Å². The largest absolute Gasteiger partial charge is 0.323 e. The van der Waals surface area contributed by atoms with E-state index >= 15 is 0 Å². The minimum atomic E-state index is -0.00249. The van der Waals surface area contributed by atoms with E-state index in [1.807, 2.05) is 35.2 Å². The van der Waals surface area contributed by atoms with Crippen molar-refractivity contribution in [1.82, 2.24) is 9.80 Å². The Hall–Kier alpha value is -1.60. The number of hydrogen-bond acceptors (Lipinski definition) is 2. The first-order valence-electron chi connectivity index (χ1n) is 8.28. The molecule has 4 nitrogen and oxygen atoms in total. The molecule has 1 aliphatic heterocycles. The number of carbonyl (C=O) groups is 1. The molecular weight excluding hydrogens is 413 g/mol. The van der Waals surface area contributed by atoms with Crippen LogP contribution in [0.15, 0.2) is 54.6 Å². The van der Waals surface area contributed by atoms with Crippen LogP contribution in [-0.4, -0.2) is 42.0 Å². The fraction of sp³-hybridized carbons (Fsp3) is 0.316. The smallest absolute Gasteiger partial charge is 0.321 e. The van der Waals surface area contributed by atoms with Gasteiger partial charge >= 0.3 is 6.03 Å². The molecule has 0 saturated carbocycles. The summed E-state index contributed by atoms with van der Waals surface area (Å²) in [6, 6.07) is 18.3. The van der Waals surface area contributed by atoms with Crippen LogP contribution in [0.5, 0.6) is 0 Å². The number of halogens is 1. The zero-order valence-corrected chi connectivity index (χ0v) is 15.8. The molecule has 0 unspecified atom stereocenters. The Balaban J connectivity index is 1.54. The zero-order valence-electron chi connectivity index (χ0n) is 13.6. The minimum Gasteiger partial charge on any atom is -0.323 e. The summed E-state index contributed by atoms with van der Waals surface area (Å²) in [5.41, 5.74) is 2.19. The van der Waals surface area contributed by atoms with Gasteiger partial charge in [-0.25, -0.2) is 4.79 Å². The van der Waals surface area contributed by atoms with E-state index in [0.29, 0.717) is 0 Å². The molecule has 0 aromatic heterocycles. The molecule has 0 radical (unpaired) electrons. The third-order valence-electron chi connectivity index (χ3n) is 4.20. The van der Waals surface area contributed by atoms with Crippen molar-refractivity contribution in [3.8, 4) is 0 Å². The van der Waals surface area contributed by atoms with Gasteiger partial charge in [0, 0.05) is 42.0 Å². The Morgan fingerprint density at radius 1 is 1.00 bits per heavy atom. The first-order valence-corrected chi connectivity index (χ1v) is 9.36. The molecule has 5 heteroatoms. The lowest BCUT2D eigenvalue weighted by atomic mass is 10.2. The summed E-state index contributed by atoms with van der Waals surface area (Å²) in [7, 11) is 0. The summed E-state index contributed by atoms with van der Waals surface area (Å²) in [4.78, 5) is 16.8. The van der Waals surface area contributed by atoms with Crippen molar-refractivity contribution < 1.29 is 4.79 Å². The summed E-state index contributed by atoms with van der Waals surface area (Å²) in [5.74, 6) is 0. The highest BCUT2D eigenvalue weighted by Crippen LogP contribution is 2.13. The number of carbonyl (C=O) groups excluding carboxylic acids is 1. The maximum absolute atomic E-state index is 12.4. The predicted molar refractivity (Wildman–Crippen MR) is 106 cm³/mol. The highest BCUT2D eigenvalue weighted by molar-refractivity contribution is 14.1. The maximum atomic E-state index is 12.4. The van der Waals surface area contributed by atoms with E-state index in [-0.39, 0.29) is 6.03 Å². The molecule has 3 rings (SSSR count). The minimum absolute atomic E-state index is 0.00249. The molecule has 1 saturated heterocycles. The van der Waals surface area contributed by atoms with Crippen molar-refractivity contribution in [3.05, 3.63) is 63.7 Å². The van der Waals surface area contributed by atoms with E-state index in [2.05, 4.69) is 57.1 Å². The van der Waals surface area contributed by atoms with E-state index < -0.39 is 0 Å². The van der Waals surface area contributed by atoms with Crippen LogP contribution in [0.4, 0.5) is 10.5 Å². The summed E-state index contributed by atoms with van der Waals surface area (Å²) >= 11 is 2.35. The quantitative estimate of drug-likeness (QED) is 0.740. The van der Waals surface area contributed by atoms with Gasteiger partial charge in [0.2, 0.25) is 0 Å². The average Bonchev–Trinajstić information content (AvgIpc) is 2.81. The lowest BCUT2D eigenvalue weighted by Gasteiger charge is -2.22. The molecule has 1 heterocycles. The zero-order chi connectivity index (χ0) is 16.8. The topological polar surface area (TPSA) is 35.6 Å². The highest BCUT2D eigenvalue weighted by Gasteiger charge is 2.19. The van der Waals surface area contributed by atoms with E-state index in [1.54, 1.807) is 0 Å². The molecule has 1 aliphatic rings. The maximum Gasteiger partial charge on any atom is 0.321 e. The summed E-state index contributed by atoms with van der Waals surface area (Å²) < 4.78 is 1.27. The van der Waals surface area contributed by atoms with Crippen molar-refractivity contribution in [3.63, 3.8) is 0 Å². The molecule has 2 aromatic rings. The number of hydrogen-bond donors (Lipinski definition) is 1. The predicted octanol–water partition coefficient (Wildman–Crippen LogP) is 4.03. The van der Waals surface area contributed by atoms with Gasteiger partial charge in [0.05, 0.1) is 0 Å². The first-order chi connectivity index (χ1) is 11.7. The summed E-state index contributed by atoms with van der Waals surface area (Å²) in [5, 5.41) is 2.98. The molecular formula is C19H22IN3O. The lowest BCUT2D eigenvalue weighted by Crippen LogP contribution is -2.38. The number of rotatable bonds is 3. The normalized spacial score (nSPS) is 15.8. The van der Waals surface area contributed by atoms with E-state index in [4.69, 9.17) is 0 Å². The van der Waals surface area contributed by atoms with Crippen molar-refractivity contribution in [2.45, 2.75) is 13.0 Å². The Morgan fingerprint density at radius 2 is 1.83 bits per heavy atom. The molecule has 0 bridgehead atoms. The number of urea groups is 1. The number of anilines is 1. The van der Waals surface area contributed by atoms with Gasteiger partial charge < -0.3 is 10.2 Å². The third-order valence-corrected chi connectivity index (χ3v) is 4.87. The van der Waals surface area contributed by atoms with Crippen LogP contribution in [0, 0.1) is 3.57 Å². The third kappa shape index (κ3) is 4.95. The van der Waals surface area contributed by atoms with Crippen molar-refractivity contribution in [2.75, 3.05) is 31.5 Å². The van der Waals surface area contributed by atoms with Crippen molar-refractivity contribution >= 4 is 34.3 Å². The molecule has 2 aromatic carbocycles. The Bertz CT molecular complexity index is 677. The van der Waals surface area contributed by atoms with Gasteiger partial charge in [-0.3, -0.25) is 4.90 Å². The van der Waals surface area contributed by atoms with Gasteiger partial charge in [0.25, 0.3) is 0 Å². The van der Waals surface area contributed by atoms with Gasteiger partial charge in [-0.05, 0) is 58.8 Å². The summed E-state index contributed by atoms with van der Waals surface area (Å²) in [6.07, 6.45) is 1.01. The Labute approximate surface area is 157 Å². The van der Waals surface area contributed by atoms with Crippen LogP contribution in [0.3, 0.4) is 0 Å². The molecule has 24 heavy (non-hydrogen) atoms. The molecule has 0 atom stereocenters. The Kier molecular flexibility index (Phi) is 6.09. The van der Waals surface area contributed by atoms with Crippen LogP contribution >= 0.6 is 22.6 Å². The van der Waals surface area contributed by atoms with Crippen LogP contribution in [0.1, 0.15) is 12.0 Å². The average molecular weight is 435 g/mol. The lowest BCUT2D eigenvalue weighted by molar-refractivity contribution is 0.211. The van der Waals surface area contributed by atoms with Crippen LogP contribution in [-0.2, 0) is 6.54 Å².